The highest BCUT2D eigenvalue weighted by molar-refractivity contribution is 5.85. The molecular formula is C10H15NO3. The molecule has 0 radical (unpaired) electrons. The maximum absolute atomic E-state index is 10.5. The second-order valence-electron chi connectivity index (χ2n) is 3.15. The highest BCUT2D eigenvalue weighted by Crippen LogP contribution is 2.06. The third-order valence-electron chi connectivity index (χ3n) is 2.02. The normalized spacial score (nSPS) is 10.4. The molecule has 0 aliphatic heterocycles. The number of rotatable bonds is 6. The van der Waals surface area contributed by atoms with Crippen LogP contribution in [-0.4, -0.2) is 29.8 Å². The summed E-state index contributed by atoms with van der Waals surface area (Å²) < 4.78 is 4.92. The molecule has 0 amide bonds. The molecular weight excluding hydrogens is 182 g/mol. The van der Waals surface area contributed by atoms with Crippen molar-refractivity contribution in [2.75, 3.05) is 13.7 Å². The fourth-order valence-electron chi connectivity index (χ4n) is 1.27. The van der Waals surface area contributed by atoms with Crippen molar-refractivity contribution in [3.8, 4) is 0 Å². The van der Waals surface area contributed by atoms with Gasteiger partial charge in [-0.25, -0.2) is 4.79 Å². The highest BCUT2D eigenvalue weighted by Gasteiger charge is 2.04. The molecule has 14 heavy (non-hydrogen) atoms. The topological polar surface area (TPSA) is 62.3 Å². The van der Waals surface area contributed by atoms with Crippen LogP contribution in [0.2, 0.25) is 0 Å². The first-order valence-electron chi connectivity index (χ1n) is 4.64. The van der Waals surface area contributed by atoms with Gasteiger partial charge in [-0.05, 0) is 31.4 Å². The maximum atomic E-state index is 10.5. The van der Waals surface area contributed by atoms with Crippen LogP contribution in [0, 0.1) is 0 Å². The molecule has 0 unspecified atom stereocenters. The molecule has 1 rings (SSSR count). The number of H-pyrrole nitrogens is 1. The van der Waals surface area contributed by atoms with Crippen LogP contribution in [0.25, 0.3) is 0 Å². The lowest BCUT2D eigenvalue weighted by atomic mass is 10.2. The second-order valence-corrected chi connectivity index (χ2v) is 3.15. The molecule has 0 spiro atoms. The largest absolute Gasteiger partial charge is 0.477 e. The smallest absolute Gasteiger partial charge is 0.352 e. The summed E-state index contributed by atoms with van der Waals surface area (Å²) in [6.45, 7) is 0.756. The van der Waals surface area contributed by atoms with E-state index in [0.717, 1.165) is 31.6 Å². The molecule has 0 aliphatic rings. The van der Waals surface area contributed by atoms with E-state index in [0.29, 0.717) is 0 Å². The number of nitrogens with one attached hydrogen (secondary N) is 1. The Morgan fingerprint density at radius 1 is 1.50 bits per heavy atom. The van der Waals surface area contributed by atoms with Gasteiger partial charge in [-0.15, -0.1) is 0 Å². The lowest BCUT2D eigenvalue weighted by Crippen LogP contribution is -1.97. The van der Waals surface area contributed by atoms with Crippen LogP contribution < -0.4 is 0 Å². The number of ether oxygens (including phenoxy) is 1. The molecule has 0 bridgehead atoms. The number of unbranched alkanes of at least 4 members (excludes halogenated alkanes) is 1. The van der Waals surface area contributed by atoms with Gasteiger partial charge in [-0.3, -0.25) is 0 Å². The molecule has 0 aliphatic carbocycles. The summed E-state index contributed by atoms with van der Waals surface area (Å²) in [4.78, 5) is 13.4. The zero-order valence-electron chi connectivity index (χ0n) is 8.25. The van der Waals surface area contributed by atoms with Gasteiger partial charge < -0.3 is 14.8 Å². The van der Waals surface area contributed by atoms with Gasteiger partial charge in [0.15, 0.2) is 0 Å². The lowest BCUT2D eigenvalue weighted by molar-refractivity contribution is 0.0691. The molecule has 4 nitrogen and oxygen atoms in total. The number of hydrogen-bond donors (Lipinski definition) is 2. The van der Waals surface area contributed by atoms with E-state index in [1.807, 2.05) is 6.07 Å². The number of carbonyl (C=O) groups is 1. The number of carboxylic acids is 1. The fraction of sp³-hybridized carbons (Fsp3) is 0.500. The molecule has 1 heterocycles. The minimum absolute atomic E-state index is 0.256. The van der Waals surface area contributed by atoms with Crippen LogP contribution >= 0.6 is 0 Å². The van der Waals surface area contributed by atoms with Crippen molar-refractivity contribution in [1.29, 1.82) is 0 Å². The molecule has 1 aromatic rings. The number of methoxy groups -OCH3 is 1. The van der Waals surface area contributed by atoms with E-state index in [1.165, 1.54) is 0 Å². The molecule has 78 valence electrons. The number of aryl methyl sites for hydroxylation is 1. The van der Waals surface area contributed by atoms with Crippen LogP contribution in [0.15, 0.2) is 12.1 Å². The number of aromatic carboxylic acids is 1. The number of hydrogen-bond acceptors (Lipinski definition) is 2. The quantitative estimate of drug-likeness (QED) is 0.682. The summed E-state index contributed by atoms with van der Waals surface area (Å²) in [5.41, 5.74) is 1.23. The molecule has 0 atom stereocenters. The predicted molar refractivity (Wildman–Crippen MR) is 52.6 cm³/mol. The van der Waals surface area contributed by atoms with Crippen LogP contribution in [0.4, 0.5) is 0 Å². The molecule has 2 N–H and O–H groups in total. The lowest BCUT2D eigenvalue weighted by Gasteiger charge is -1.98. The average molecular weight is 197 g/mol. The minimum Gasteiger partial charge on any atom is -0.477 e. The Labute approximate surface area is 82.9 Å². The van der Waals surface area contributed by atoms with Crippen LogP contribution in [-0.2, 0) is 11.2 Å². The second kappa shape index (κ2) is 5.44. The highest BCUT2D eigenvalue weighted by atomic mass is 16.5. The summed E-state index contributed by atoms with van der Waals surface area (Å²) >= 11 is 0. The average Bonchev–Trinajstić information content (AvgIpc) is 2.61. The number of carboxylic acid groups (broad SMARTS) is 1. The molecule has 4 heteroatoms. The summed E-state index contributed by atoms with van der Waals surface area (Å²) in [7, 11) is 1.68. The Hall–Kier alpha value is -1.29. The van der Waals surface area contributed by atoms with Crippen LogP contribution in [0.3, 0.4) is 0 Å². The third-order valence-corrected chi connectivity index (χ3v) is 2.02. The zero-order chi connectivity index (χ0) is 10.4. The Balaban J connectivity index is 2.33. The van der Waals surface area contributed by atoms with Gasteiger partial charge in [0.05, 0.1) is 0 Å². The molecule has 0 fully saturated rings. The van der Waals surface area contributed by atoms with Gasteiger partial charge in [0, 0.05) is 19.4 Å². The monoisotopic (exact) mass is 197 g/mol. The van der Waals surface area contributed by atoms with Crippen molar-refractivity contribution in [1.82, 2.24) is 4.98 Å². The Morgan fingerprint density at radius 2 is 2.29 bits per heavy atom. The summed E-state index contributed by atoms with van der Waals surface area (Å²) in [6.07, 6.45) is 2.88. The van der Waals surface area contributed by atoms with Crippen molar-refractivity contribution in [3.63, 3.8) is 0 Å². The van der Waals surface area contributed by atoms with Crippen molar-refractivity contribution in [2.45, 2.75) is 19.3 Å². The van der Waals surface area contributed by atoms with Crippen molar-refractivity contribution in [2.24, 2.45) is 0 Å². The van der Waals surface area contributed by atoms with E-state index in [9.17, 15) is 4.79 Å². The van der Waals surface area contributed by atoms with E-state index in [1.54, 1.807) is 13.2 Å². The fourth-order valence-corrected chi connectivity index (χ4v) is 1.27. The van der Waals surface area contributed by atoms with Gasteiger partial charge in [-0.2, -0.15) is 0 Å². The third kappa shape index (κ3) is 3.22. The van der Waals surface area contributed by atoms with Crippen molar-refractivity contribution < 1.29 is 14.6 Å². The maximum Gasteiger partial charge on any atom is 0.352 e. The molecule has 0 aromatic carbocycles. The Kier molecular flexibility index (Phi) is 4.19. The van der Waals surface area contributed by atoms with Crippen LogP contribution in [0.5, 0.6) is 0 Å². The van der Waals surface area contributed by atoms with E-state index < -0.39 is 5.97 Å². The number of aromatic nitrogens is 1. The van der Waals surface area contributed by atoms with E-state index in [2.05, 4.69) is 4.98 Å². The van der Waals surface area contributed by atoms with Crippen LogP contribution in [0.1, 0.15) is 29.0 Å². The van der Waals surface area contributed by atoms with Crippen molar-refractivity contribution >= 4 is 5.97 Å². The summed E-state index contributed by atoms with van der Waals surface area (Å²) in [5.74, 6) is -0.909. The SMILES string of the molecule is COCCCCc1ccc(C(=O)O)[nH]1. The van der Waals surface area contributed by atoms with Gasteiger partial charge in [0.2, 0.25) is 0 Å². The zero-order valence-corrected chi connectivity index (χ0v) is 8.25. The predicted octanol–water partition coefficient (Wildman–Crippen LogP) is 1.68. The van der Waals surface area contributed by atoms with Gasteiger partial charge >= 0.3 is 5.97 Å². The Morgan fingerprint density at radius 3 is 2.86 bits per heavy atom. The molecule has 0 saturated heterocycles. The first-order valence-corrected chi connectivity index (χ1v) is 4.64. The van der Waals surface area contributed by atoms with Gasteiger partial charge in [0.25, 0.3) is 0 Å². The molecule has 0 saturated carbocycles. The van der Waals surface area contributed by atoms with Crippen molar-refractivity contribution in [3.05, 3.63) is 23.5 Å². The minimum atomic E-state index is -0.909. The summed E-state index contributed by atoms with van der Waals surface area (Å²) in [6, 6.07) is 3.41. The first kappa shape index (κ1) is 10.8. The van der Waals surface area contributed by atoms with E-state index >= 15 is 0 Å². The van der Waals surface area contributed by atoms with E-state index in [4.69, 9.17) is 9.84 Å². The molecule has 1 aromatic heterocycles. The van der Waals surface area contributed by atoms with Gasteiger partial charge in [0.1, 0.15) is 5.69 Å². The van der Waals surface area contributed by atoms with E-state index in [-0.39, 0.29) is 5.69 Å². The first-order chi connectivity index (χ1) is 6.74. The van der Waals surface area contributed by atoms with Gasteiger partial charge in [-0.1, -0.05) is 0 Å². The Bertz CT molecular complexity index is 293. The number of aromatic amines is 1. The summed E-state index contributed by atoms with van der Waals surface area (Å²) in [5, 5.41) is 8.66. The standard InChI is InChI=1S/C10H15NO3/c1-14-7-3-2-4-8-5-6-9(11-8)10(12)13/h5-6,11H,2-4,7H2,1H3,(H,12,13).